The fourth-order valence-corrected chi connectivity index (χ4v) is 1.67. The summed E-state index contributed by atoms with van der Waals surface area (Å²) in [6.45, 7) is 3.41. The minimum absolute atomic E-state index is 0.198. The fraction of sp³-hybridized carbons (Fsp3) is 0.500. The van der Waals surface area contributed by atoms with E-state index in [1.165, 1.54) is 0 Å². The average molecular weight is 207 g/mol. The Labute approximate surface area is 90.6 Å². The van der Waals surface area contributed by atoms with E-state index in [9.17, 15) is 0 Å². The molecular weight excluding hydrogens is 190 g/mol. The third kappa shape index (κ3) is 3.22. The zero-order chi connectivity index (χ0) is 10.5. The van der Waals surface area contributed by atoms with E-state index in [-0.39, 0.29) is 6.10 Å². The lowest BCUT2D eigenvalue weighted by Gasteiger charge is -2.29. The van der Waals surface area contributed by atoms with Gasteiger partial charge in [0, 0.05) is 13.1 Å². The molecule has 0 radical (unpaired) electrons. The van der Waals surface area contributed by atoms with Crippen LogP contribution < -0.4 is 4.74 Å². The van der Waals surface area contributed by atoms with Crippen molar-refractivity contribution in [2.75, 3.05) is 33.4 Å². The van der Waals surface area contributed by atoms with E-state index in [2.05, 4.69) is 11.9 Å². The SMILES string of the molecule is CN1CCO[C@H](COc2ccccc2)C1. The Morgan fingerprint density at radius 1 is 1.40 bits per heavy atom. The van der Waals surface area contributed by atoms with Crippen LogP contribution in [0, 0.1) is 0 Å². The fourth-order valence-electron chi connectivity index (χ4n) is 1.67. The average Bonchev–Trinajstić information content (AvgIpc) is 2.28. The predicted octanol–water partition coefficient (Wildman–Crippen LogP) is 1.40. The number of benzene rings is 1. The molecule has 1 atom stereocenters. The van der Waals surface area contributed by atoms with Gasteiger partial charge in [-0.15, -0.1) is 0 Å². The van der Waals surface area contributed by atoms with Crippen molar-refractivity contribution in [2.45, 2.75) is 6.10 Å². The number of ether oxygens (including phenoxy) is 2. The van der Waals surface area contributed by atoms with Gasteiger partial charge in [-0.1, -0.05) is 18.2 Å². The highest BCUT2D eigenvalue weighted by Crippen LogP contribution is 2.10. The van der Waals surface area contributed by atoms with Gasteiger partial charge in [0.15, 0.2) is 0 Å². The summed E-state index contributed by atoms with van der Waals surface area (Å²) in [6.07, 6.45) is 0.198. The summed E-state index contributed by atoms with van der Waals surface area (Å²) in [7, 11) is 2.11. The minimum Gasteiger partial charge on any atom is -0.491 e. The quantitative estimate of drug-likeness (QED) is 0.747. The third-order valence-corrected chi connectivity index (χ3v) is 2.52. The van der Waals surface area contributed by atoms with E-state index in [1.807, 2.05) is 30.3 Å². The van der Waals surface area contributed by atoms with Gasteiger partial charge in [0.25, 0.3) is 0 Å². The molecule has 1 fully saturated rings. The predicted molar refractivity (Wildman–Crippen MR) is 59.2 cm³/mol. The van der Waals surface area contributed by atoms with Gasteiger partial charge in [0.05, 0.1) is 6.61 Å². The van der Waals surface area contributed by atoms with Crippen LogP contribution in [0.15, 0.2) is 30.3 Å². The van der Waals surface area contributed by atoms with Crippen LogP contribution in [0.3, 0.4) is 0 Å². The monoisotopic (exact) mass is 207 g/mol. The van der Waals surface area contributed by atoms with E-state index in [0.717, 1.165) is 25.4 Å². The molecule has 1 aromatic rings. The van der Waals surface area contributed by atoms with Crippen LogP contribution in [0.1, 0.15) is 0 Å². The molecule has 3 nitrogen and oxygen atoms in total. The topological polar surface area (TPSA) is 21.7 Å². The second kappa shape index (κ2) is 5.14. The second-order valence-corrected chi connectivity index (χ2v) is 3.88. The maximum absolute atomic E-state index is 5.64. The van der Waals surface area contributed by atoms with Crippen LogP contribution in [0.4, 0.5) is 0 Å². The number of hydrogen-bond acceptors (Lipinski definition) is 3. The molecular formula is C12H17NO2. The Bertz CT molecular complexity index is 289. The lowest BCUT2D eigenvalue weighted by atomic mass is 10.3. The summed E-state index contributed by atoms with van der Waals surface area (Å²) < 4.78 is 11.2. The Hall–Kier alpha value is -1.06. The van der Waals surface area contributed by atoms with E-state index in [1.54, 1.807) is 0 Å². The van der Waals surface area contributed by atoms with Crippen LogP contribution in [0.25, 0.3) is 0 Å². The van der Waals surface area contributed by atoms with Crippen molar-refractivity contribution in [3.63, 3.8) is 0 Å². The molecule has 0 spiro atoms. The van der Waals surface area contributed by atoms with Crippen LogP contribution >= 0.6 is 0 Å². The molecule has 1 aromatic carbocycles. The summed E-state index contributed by atoms with van der Waals surface area (Å²) in [4.78, 5) is 2.27. The maximum Gasteiger partial charge on any atom is 0.119 e. The summed E-state index contributed by atoms with van der Waals surface area (Å²) in [5.41, 5.74) is 0. The first kappa shape index (κ1) is 10.5. The van der Waals surface area contributed by atoms with Gasteiger partial charge in [0.2, 0.25) is 0 Å². The molecule has 1 aliphatic rings. The number of rotatable bonds is 3. The molecule has 3 heteroatoms. The van der Waals surface area contributed by atoms with Crippen molar-refractivity contribution < 1.29 is 9.47 Å². The zero-order valence-corrected chi connectivity index (χ0v) is 9.06. The molecule has 0 unspecified atom stereocenters. The lowest BCUT2D eigenvalue weighted by molar-refractivity contribution is -0.0403. The smallest absolute Gasteiger partial charge is 0.119 e. The van der Waals surface area contributed by atoms with Crippen molar-refractivity contribution in [3.05, 3.63) is 30.3 Å². The number of likely N-dealkylation sites (N-methyl/N-ethyl adjacent to an activating group) is 1. The summed E-state index contributed by atoms with van der Waals surface area (Å²) >= 11 is 0. The van der Waals surface area contributed by atoms with Crippen molar-refractivity contribution in [2.24, 2.45) is 0 Å². The lowest BCUT2D eigenvalue weighted by Crippen LogP contribution is -2.42. The number of para-hydroxylation sites is 1. The molecule has 0 aliphatic carbocycles. The normalized spacial score (nSPS) is 22.6. The molecule has 82 valence electrons. The summed E-state index contributed by atoms with van der Waals surface area (Å²) in [6, 6.07) is 9.86. The maximum atomic E-state index is 5.64. The second-order valence-electron chi connectivity index (χ2n) is 3.88. The largest absolute Gasteiger partial charge is 0.491 e. The van der Waals surface area contributed by atoms with Gasteiger partial charge in [-0.25, -0.2) is 0 Å². The molecule has 1 saturated heterocycles. The molecule has 1 aliphatic heterocycles. The Morgan fingerprint density at radius 2 is 2.20 bits per heavy atom. The molecule has 15 heavy (non-hydrogen) atoms. The summed E-state index contributed by atoms with van der Waals surface area (Å²) in [5, 5.41) is 0. The third-order valence-electron chi connectivity index (χ3n) is 2.52. The molecule has 0 saturated carbocycles. The molecule has 0 bridgehead atoms. The first-order valence-electron chi connectivity index (χ1n) is 5.32. The standard InChI is InChI=1S/C12H17NO2/c1-13-7-8-14-12(9-13)10-15-11-5-3-2-4-6-11/h2-6,12H,7-10H2,1H3/t12-/m0/s1. The van der Waals surface area contributed by atoms with E-state index < -0.39 is 0 Å². The van der Waals surface area contributed by atoms with Crippen molar-refractivity contribution >= 4 is 0 Å². The van der Waals surface area contributed by atoms with Crippen molar-refractivity contribution in [1.82, 2.24) is 4.90 Å². The molecule has 1 heterocycles. The zero-order valence-electron chi connectivity index (χ0n) is 9.06. The molecule has 0 amide bonds. The summed E-state index contributed by atoms with van der Waals surface area (Å²) in [5.74, 6) is 0.911. The van der Waals surface area contributed by atoms with Gasteiger partial charge >= 0.3 is 0 Å². The van der Waals surface area contributed by atoms with Gasteiger partial charge in [-0.2, -0.15) is 0 Å². The van der Waals surface area contributed by atoms with Crippen LogP contribution in [0.5, 0.6) is 5.75 Å². The highest BCUT2D eigenvalue weighted by molar-refractivity contribution is 5.20. The van der Waals surface area contributed by atoms with Crippen LogP contribution in [-0.4, -0.2) is 44.4 Å². The highest BCUT2D eigenvalue weighted by Gasteiger charge is 2.17. The number of hydrogen-bond donors (Lipinski definition) is 0. The van der Waals surface area contributed by atoms with Gasteiger partial charge in [0.1, 0.15) is 18.5 Å². The van der Waals surface area contributed by atoms with Gasteiger partial charge in [-0.3, -0.25) is 0 Å². The van der Waals surface area contributed by atoms with Crippen LogP contribution in [0.2, 0.25) is 0 Å². The molecule has 2 rings (SSSR count). The van der Waals surface area contributed by atoms with E-state index in [0.29, 0.717) is 6.61 Å². The van der Waals surface area contributed by atoms with Gasteiger partial charge in [-0.05, 0) is 19.2 Å². The Kier molecular flexibility index (Phi) is 3.59. The van der Waals surface area contributed by atoms with Crippen LogP contribution in [-0.2, 0) is 4.74 Å². The Balaban J connectivity index is 1.78. The number of morpholine rings is 1. The molecule has 0 N–H and O–H groups in total. The van der Waals surface area contributed by atoms with E-state index in [4.69, 9.17) is 9.47 Å². The first-order valence-corrected chi connectivity index (χ1v) is 5.32. The first-order chi connectivity index (χ1) is 7.34. The van der Waals surface area contributed by atoms with Crippen molar-refractivity contribution in [1.29, 1.82) is 0 Å². The highest BCUT2D eigenvalue weighted by atomic mass is 16.5. The Morgan fingerprint density at radius 3 is 2.93 bits per heavy atom. The van der Waals surface area contributed by atoms with E-state index >= 15 is 0 Å². The molecule has 0 aromatic heterocycles. The van der Waals surface area contributed by atoms with Crippen molar-refractivity contribution in [3.8, 4) is 5.75 Å². The van der Waals surface area contributed by atoms with Gasteiger partial charge < -0.3 is 14.4 Å². The minimum atomic E-state index is 0.198. The number of nitrogens with zero attached hydrogens (tertiary/aromatic N) is 1.